The van der Waals surface area contributed by atoms with Gasteiger partial charge in [-0.1, -0.05) is 0 Å². The summed E-state index contributed by atoms with van der Waals surface area (Å²) in [6.07, 6.45) is -48.3. The molecule has 4 heterocycles. The van der Waals surface area contributed by atoms with Crippen molar-refractivity contribution in [2.24, 2.45) is 0 Å². The van der Waals surface area contributed by atoms with E-state index in [-0.39, 0.29) is 70.6 Å². The van der Waals surface area contributed by atoms with Gasteiger partial charge in [0.2, 0.25) is 0 Å². The largest absolute Gasteiger partial charge is 0.460 e. The average molecular weight is 1390 g/mol. The van der Waals surface area contributed by atoms with Crippen molar-refractivity contribution in [3.63, 3.8) is 0 Å². The van der Waals surface area contributed by atoms with E-state index in [2.05, 4.69) is 0 Å². The van der Waals surface area contributed by atoms with E-state index in [0.717, 1.165) is 24.3 Å². The van der Waals surface area contributed by atoms with Crippen molar-refractivity contribution in [2.75, 3.05) is 0 Å². The highest BCUT2D eigenvalue weighted by atomic mass is 32.1. The summed E-state index contributed by atoms with van der Waals surface area (Å²) in [5.74, 6) is -82.4. The third kappa shape index (κ3) is 11.5. The summed E-state index contributed by atoms with van der Waals surface area (Å²) in [6.45, 7) is 0. The van der Waals surface area contributed by atoms with Crippen LogP contribution >= 0.6 is 45.3 Å². The molecule has 0 saturated heterocycles. The molecular formula is C46H28F36S4. The second kappa shape index (κ2) is 21.9. The molecule has 0 bridgehead atoms. The maximum atomic E-state index is 14.6. The van der Waals surface area contributed by atoms with Gasteiger partial charge < -0.3 is 0 Å². The minimum atomic E-state index is -7.34. The summed E-state index contributed by atoms with van der Waals surface area (Å²) >= 11 is 1.62. The lowest BCUT2D eigenvalue weighted by molar-refractivity contribution is -0.396. The van der Waals surface area contributed by atoms with Gasteiger partial charge in [0.1, 0.15) is 0 Å². The highest BCUT2D eigenvalue weighted by molar-refractivity contribution is 7.27. The van der Waals surface area contributed by atoms with Crippen LogP contribution in [-0.2, 0) is 25.7 Å². The van der Waals surface area contributed by atoms with E-state index in [0.29, 0.717) is 45.3 Å². The Balaban J connectivity index is 1.55. The van der Waals surface area contributed by atoms with Crippen LogP contribution in [0.3, 0.4) is 0 Å². The zero-order chi connectivity index (χ0) is 66.2. The first-order chi connectivity index (χ1) is 38.2. The van der Waals surface area contributed by atoms with Crippen LogP contribution in [-0.4, -0.2) is 95.8 Å². The number of benzene rings is 2. The van der Waals surface area contributed by atoms with Gasteiger partial charge in [-0.25, -0.2) is 0 Å². The second-order valence-electron chi connectivity index (χ2n) is 19.4. The summed E-state index contributed by atoms with van der Waals surface area (Å²) < 4.78 is 493. The molecule has 0 atom stereocenters. The number of rotatable bonds is 24. The molecule has 0 amide bonds. The van der Waals surface area contributed by atoms with Crippen LogP contribution in [0.2, 0.25) is 0 Å². The fourth-order valence-electron chi connectivity index (χ4n) is 8.66. The Morgan fingerprint density at radius 2 is 0.372 bits per heavy atom. The molecule has 0 radical (unpaired) electrons. The van der Waals surface area contributed by atoms with Gasteiger partial charge >= 0.3 is 95.8 Å². The van der Waals surface area contributed by atoms with Gasteiger partial charge in [-0.15, -0.1) is 45.3 Å². The maximum Gasteiger partial charge on any atom is 0.460 e. The van der Waals surface area contributed by atoms with Gasteiger partial charge in [0.25, 0.3) is 0 Å². The molecule has 0 aliphatic heterocycles. The molecule has 0 fully saturated rings. The molecule has 0 unspecified atom stereocenters. The smallest absolute Gasteiger partial charge is 0.200 e. The summed E-state index contributed by atoms with van der Waals surface area (Å²) in [5, 5.41) is -1.39. The van der Waals surface area contributed by atoms with Crippen LogP contribution in [0.1, 0.15) is 70.9 Å². The molecule has 40 heteroatoms. The standard InChI is InChI=1S/C46H28F36S4/c47-31(48,35(55,56)39(63,64)43(71,72)73)9-1-5-17-13-21-22-14-18(6-2-10-32(49,50)36(57,58)40(65,66)44(74,75)76)84-28(22)26-25(27(21)83-17)29-23(15-19(85-29)7-3-11-33(51,52)37(59,60)41(67,68)45(77,78)79)24-16-20(86-30(24)26)8-4-12-34(53,54)38(61,62)42(69,70)46(80,81)82/h13-16H,1-12H2. The number of hydrogen-bond donors (Lipinski definition) is 0. The van der Waals surface area contributed by atoms with Gasteiger partial charge in [0.15, 0.2) is 0 Å². The van der Waals surface area contributed by atoms with E-state index < -0.39 is 173 Å². The molecule has 0 spiro atoms. The number of hydrogen-bond acceptors (Lipinski definition) is 4. The molecule has 2 aromatic carbocycles. The second-order valence-corrected chi connectivity index (χ2v) is 23.9. The first-order valence-corrected chi connectivity index (χ1v) is 26.6. The van der Waals surface area contributed by atoms with Crippen LogP contribution in [0.15, 0.2) is 24.3 Å². The highest BCUT2D eigenvalue weighted by Gasteiger charge is 2.84. The van der Waals surface area contributed by atoms with Gasteiger partial charge in [-0.3, -0.25) is 0 Å². The predicted molar refractivity (Wildman–Crippen MR) is 241 cm³/mol. The van der Waals surface area contributed by atoms with E-state index in [1.54, 1.807) is 0 Å². The summed E-state index contributed by atoms with van der Waals surface area (Å²) in [5.41, 5.74) is 0. The Labute approximate surface area is 470 Å². The number of halogens is 36. The molecule has 0 aliphatic carbocycles. The molecule has 488 valence electrons. The zero-order valence-electron chi connectivity index (χ0n) is 41.0. The number of thiophene rings is 4. The van der Waals surface area contributed by atoms with Gasteiger partial charge in [-0.2, -0.15) is 158 Å². The minimum absolute atomic E-state index is 0.226. The molecule has 0 nitrogen and oxygen atoms in total. The monoisotopic (exact) mass is 1390 g/mol. The summed E-state index contributed by atoms with van der Waals surface area (Å²) in [6, 6.07) is 3.87. The molecule has 6 rings (SSSR count). The third-order valence-corrected chi connectivity index (χ3v) is 18.2. The van der Waals surface area contributed by atoms with Crippen molar-refractivity contribution in [1.29, 1.82) is 0 Å². The van der Waals surface area contributed by atoms with Gasteiger partial charge in [0, 0.05) is 96.3 Å². The van der Waals surface area contributed by atoms with E-state index in [4.69, 9.17) is 0 Å². The predicted octanol–water partition coefficient (Wildman–Crippen LogP) is 22.9. The lowest BCUT2D eigenvalue weighted by Gasteiger charge is -2.33. The Morgan fingerprint density at radius 1 is 0.221 bits per heavy atom. The van der Waals surface area contributed by atoms with E-state index in [1.165, 1.54) is 0 Å². The molecule has 6 aromatic rings. The third-order valence-electron chi connectivity index (χ3n) is 13.4. The van der Waals surface area contributed by atoms with Crippen LogP contribution in [0.4, 0.5) is 158 Å². The highest BCUT2D eigenvalue weighted by Crippen LogP contribution is 2.60. The van der Waals surface area contributed by atoms with Crippen LogP contribution in [0.25, 0.3) is 51.1 Å². The Hall–Kier alpha value is -3.98. The molecule has 0 aliphatic rings. The first-order valence-electron chi connectivity index (χ1n) is 23.3. The van der Waals surface area contributed by atoms with Crippen LogP contribution in [0, 0.1) is 0 Å². The maximum absolute atomic E-state index is 14.6. The Morgan fingerprint density at radius 3 is 0.512 bits per heavy atom. The lowest BCUT2D eigenvalue weighted by Crippen LogP contribution is -2.60. The number of aryl methyl sites for hydroxylation is 4. The van der Waals surface area contributed by atoms with Crippen molar-refractivity contribution < 1.29 is 158 Å². The van der Waals surface area contributed by atoms with Crippen molar-refractivity contribution in [3.05, 3.63) is 43.8 Å². The quantitative estimate of drug-likeness (QED) is 0.0530. The van der Waals surface area contributed by atoms with Crippen molar-refractivity contribution in [1.82, 2.24) is 0 Å². The Kier molecular flexibility index (Phi) is 18.1. The molecule has 0 saturated carbocycles. The lowest BCUT2D eigenvalue weighted by atomic mass is 9.97. The fraction of sp³-hybridized carbons (Fsp3) is 0.609. The summed E-state index contributed by atoms with van der Waals surface area (Å²) in [4.78, 5) is -1.28. The van der Waals surface area contributed by atoms with Gasteiger partial charge in [-0.05, 0) is 75.6 Å². The molecule has 4 aromatic heterocycles. The van der Waals surface area contributed by atoms with Crippen molar-refractivity contribution in [2.45, 2.75) is 173 Å². The SMILES string of the molecule is FC(F)(F)C(F)(F)C(F)(F)C(F)(F)CCCc1cc2c3cc(CCCC(F)(F)C(F)(F)C(F)(F)C(F)(F)F)sc3c3c4sc(CCCC(F)(F)C(F)(F)C(F)(F)C(F)(F)F)cc4c4cc(CCCC(F)(F)C(F)(F)C(F)(F)C(F)(F)F)sc4c3c2s1. The number of fused-ring (bicyclic) bond motifs is 11. The Bertz CT molecular complexity index is 2980. The topological polar surface area (TPSA) is 0 Å². The van der Waals surface area contributed by atoms with Crippen molar-refractivity contribution >= 4 is 96.5 Å². The normalized spacial score (nSPS) is 15.5. The number of alkyl halides is 36. The van der Waals surface area contributed by atoms with E-state index in [9.17, 15) is 158 Å². The van der Waals surface area contributed by atoms with E-state index >= 15 is 0 Å². The molecule has 0 N–H and O–H groups in total. The van der Waals surface area contributed by atoms with E-state index in [1.807, 2.05) is 0 Å². The van der Waals surface area contributed by atoms with Gasteiger partial charge in [0.05, 0.1) is 0 Å². The van der Waals surface area contributed by atoms with Crippen LogP contribution in [0.5, 0.6) is 0 Å². The summed E-state index contributed by atoms with van der Waals surface area (Å²) in [7, 11) is 0. The first kappa shape index (κ1) is 71.1. The minimum Gasteiger partial charge on any atom is -0.200 e. The fourth-order valence-corrected chi connectivity index (χ4v) is 13.9. The average Bonchev–Trinajstić information content (AvgIpc) is 1.54. The van der Waals surface area contributed by atoms with Crippen molar-refractivity contribution in [3.8, 4) is 0 Å². The molecular weight excluding hydrogens is 1360 g/mol. The zero-order valence-corrected chi connectivity index (χ0v) is 44.3. The van der Waals surface area contributed by atoms with Crippen LogP contribution < -0.4 is 0 Å². The molecule has 86 heavy (non-hydrogen) atoms.